The molecule has 0 aromatic rings. The van der Waals surface area contributed by atoms with Gasteiger partial charge in [-0.3, -0.25) is 0 Å². The Labute approximate surface area is 80.5 Å². The molecule has 4 saturated carbocycles. The molecule has 5 atom stereocenters. The van der Waals surface area contributed by atoms with Crippen molar-refractivity contribution in [2.75, 3.05) is 0 Å². The zero-order valence-corrected chi connectivity index (χ0v) is 8.50. The zero-order chi connectivity index (χ0) is 9.05. The van der Waals surface area contributed by atoms with Crippen molar-refractivity contribution in [1.82, 2.24) is 0 Å². The Balaban J connectivity index is 1.95. The maximum atomic E-state index is 10.4. The standard InChI is InChI=1S/C12H20O/c1-8-2-9-3-10-4-11(8)7-12(13,5-9)6-10/h8-11,13H,2-7H2,1H3. The minimum atomic E-state index is -0.235. The number of hydrogen-bond acceptors (Lipinski definition) is 1. The Morgan fingerprint density at radius 2 is 1.69 bits per heavy atom. The SMILES string of the molecule is CC1CC2CC3CC1CC(O)(C2)C3. The minimum Gasteiger partial charge on any atom is -0.390 e. The van der Waals surface area contributed by atoms with Crippen molar-refractivity contribution in [2.24, 2.45) is 23.7 Å². The molecule has 4 rings (SSSR count). The van der Waals surface area contributed by atoms with E-state index >= 15 is 0 Å². The van der Waals surface area contributed by atoms with Gasteiger partial charge in [-0.1, -0.05) is 6.92 Å². The van der Waals surface area contributed by atoms with Gasteiger partial charge in [0, 0.05) is 0 Å². The predicted molar refractivity (Wildman–Crippen MR) is 52.3 cm³/mol. The van der Waals surface area contributed by atoms with Crippen LogP contribution in [-0.2, 0) is 0 Å². The van der Waals surface area contributed by atoms with Gasteiger partial charge in [-0.25, -0.2) is 0 Å². The first-order chi connectivity index (χ1) is 6.15. The van der Waals surface area contributed by atoms with E-state index in [-0.39, 0.29) is 5.60 Å². The Morgan fingerprint density at radius 3 is 2.38 bits per heavy atom. The summed E-state index contributed by atoms with van der Waals surface area (Å²) in [6.07, 6.45) is 7.57. The van der Waals surface area contributed by atoms with Crippen LogP contribution in [0.3, 0.4) is 0 Å². The maximum absolute atomic E-state index is 10.4. The van der Waals surface area contributed by atoms with E-state index in [4.69, 9.17) is 0 Å². The van der Waals surface area contributed by atoms with E-state index in [1.54, 1.807) is 0 Å². The van der Waals surface area contributed by atoms with Gasteiger partial charge in [0.1, 0.15) is 0 Å². The van der Waals surface area contributed by atoms with Crippen molar-refractivity contribution in [1.29, 1.82) is 0 Å². The first kappa shape index (κ1) is 8.28. The highest BCUT2D eigenvalue weighted by Crippen LogP contribution is 2.54. The largest absolute Gasteiger partial charge is 0.390 e. The van der Waals surface area contributed by atoms with E-state index in [9.17, 15) is 5.11 Å². The number of aliphatic hydroxyl groups is 1. The first-order valence-electron chi connectivity index (χ1n) is 5.87. The second kappa shape index (κ2) is 2.50. The fourth-order valence-corrected chi connectivity index (χ4v) is 4.47. The van der Waals surface area contributed by atoms with Crippen molar-refractivity contribution in [3.8, 4) is 0 Å². The lowest BCUT2D eigenvalue weighted by Crippen LogP contribution is -2.43. The van der Waals surface area contributed by atoms with Gasteiger partial charge in [-0.15, -0.1) is 0 Å². The molecular weight excluding hydrogens is 160 g/mol. The summed E-state index contributed by atoms with van der Waals surface area (Å²) >= 11 is 0. The third kappa shape index (κ3) is 1.24. The molecule has 4 aliphatic carbocycles. The normalized spacial score (nSPS) is 59.5. The fraction of sp³-hybridized carbons (Fsp3) is 1.00. The van der Waals surface area contributed by atoms with E-state index in [0.717, 1.165) is 42.9 Å². The van der Waals surface area contributed by atoms with Gasteiger partial charge in [-0.2, -0.15) is 0 Å². The molecule has 4 bridgehead atoms. The Bertz CT molecular complexity index is 225. The summed E-state index contributed by atoms with van der Waals surface area (Å²) in [5, 5.41) is 10.4. The predicted octanol–water partition coefficient (Wildman–Crippen LogP) is 2.58. The summed E-state index contributed by atoms with van der Waals surface area (Å²) in [7, 11) is 0. The molecule has 0 amide bonds. The van der Waals surface area contributed by atoms with Gasteiger partial charge in [0.15, 0.2) is 0 Å². The van der Waals surface area contributed by atoms with Crippen LogP contribution in [0.4, 0.5) is 0 Å². The van der Waals surface area contributed by atoms with E-state index in [1.807, 2.05) is 0 Å². The molecule has 0 spiro atoms. The molecule has 5 unspecified atom stereocenters. The Hall–Kier alpha value is -0.0400. The van der Waals surface area contributed by atoms with Crippen LogP contribution in [-0.4, -0.2) is 10.7 Å². The van der Waals surface area contributed by atoms with Crippen molar-refractivity contribution >= 4 is 0 Å². The highest BCUT2D eigenvalue weighted by molar-refractivity contribution is 5.00. The van der Waals surface area contributed by atoms with Gasteiger partial charge in [0.05, 0.1) is 5.60 Å². The Morgan fingerprint density at radius 1 is 1.00 bits per heavy atom. The smallest absolute Gasteiger partial charge is 0.0655 e. The topological polar surface area (TPSA) is 20.2 Å². The number of hydrogen-bond donors (Lipinski definition) is 1. The molecule has 0 heterocycles. The van der Waals surface area contributed by atoms with Crippen LogP contribution in [0.2, 0.25) is 0 Å². The molecule has 0 saturated heterocycles. The fourth-order valence-electron chi connectivity index (χ4n) is 4.47. The van der Waals surface area contributed by atoms with Crippen LogP contribution in [0.25, 0.3) is 0 Å². The van der Waals surface area contributed by atoms with Crippen LogP contribution in [0.15, 0.2) is 0 Å². The summed E-state index contributed by atoms with van der Waals surface area (Å²) in [4.78, 5) is 0. The van der Waals surface area contributed by atoms with Crippen LogP contribution < -0.4 is 0 Å². The van der Waals surface area contributed by atoms with Gasteiger partial charge in [0.2, 0.25) is 0 Å². The van der Waals surface area contributed by atoms with Gasteiger partial charge >= 0.3 is 0 Å². The van der Waals surface area contributed by atoms with E-state index in [2.05, 4.69) is 6.92 Å². The lowest BCUT2D eigenvalue weighted by atomic mass is 9.64. The summed E-state index contributed by atoms with van der Waals surface area (Å²) in [5.74, 6) is 3.44. The molecule has 1 heteroatoms. The lowest BCUT2D eigenvalue weighted by molar-refractivity contribution is -0.0728. The molecule has 4 fully saturated rings. The zero-order valence-electron chi connectivity index (χ0n) is 8.50. The van der Waals surface area contributed by atoms with Crippen LogP contribution in [0, 0.1) is 23.7 Å². The molecule has 74 valence electrons. The van der Waals surface area contributed by atoms with Crippen molar-refractivity contribution in [2.45, 2.75) is 51.0 Å². The van der Waals surface area contributed by atoms with Crippen molar-refractivity contribution < 1.29 is 5.11 Å². The minimum absolute atomic E-state index is 0.235. The van der Waals surface area contributed by atoms with E-state index in [1.165, 1.54) is 19.3 Å². The number of rotatable bonds is 0. The van der Waals surface area contributed by atoms with E-state index in [0.29, 0.717) is 0 Å². The van der Waals surface area contributed by atoms with Crippen LogP contribution in [0.1, 0.15) is 45.4 Å². The van der Waals surface area contributed by atoms with Crippen LogP contribution in [0.5, 0.6) is 0 Å². The molecule has 1 nitrogen and oxygen atoms in total. The molecule has 13 heavy (non-hydrogen) atoms. The average molecular weight is 180 g/mol. The molecule has 0 aliphatic heterocycles. The van der Waals surface area contributed by atoms with Crippen molar-refractivity contribution in [3.63, 3.8) is 0 Å². The van der Waals surface area contributed by atoms with E-state index < -0.39 is 0 Å². The summed E-state index contributed by atoms with van der Waals surface area (Å²) in [5.41, 5.74) is -0.235. The van der Waals surface area contributed by atoms with Gasteiger partial charge in [0.25, 0.3) is 0 Å². The average Bonchev–Trinajstić information content (AvgIpc) is 2.12. The summed E-state index contributed by atoms with van der Waals surface area (Å²) in [6, 6.07) is 0. The van der Waals surface area contributed by atoms with Crippen molar-refractivity contribution in [3.05, 3.63) is 0 Å². The quantitative estimate of drug-likeness (QED) is 0.607. The molecule has 0 radical (unpaired) electrons. The number of fused-ring (bicyclic) bond motifs is 1. The Kier molecular flexibility index (Phi) is 1.59. The molecule has 0 aromatic carbocycles. The van der Waals surface area contributed by atoms with Gasteiger partial charge in [-0.05, 0) is 62.2 Å². The highest BCUT2D eigenvalue weighted by Gasteiger charge is 2.49. The monoisotopic (exact) mass is 180 g/mol. The summed E-state index contributed by atoms with van der Waals surface area (Å²) in [6.45, 7) is 2.40. The first-order valence-corrected chi connectivity index (χ1v) is 5.87. The second-order valence-corrected chi connectivity index (χ2v) is 6.01. The second-order valence-electron chi connectivity index (χ2n) is 6.01. The molecular formula is C12H20O. The molecule has 4 aliphatic rings. The van der Waals surface area contributed by atoms with Crippen LogP contribution >= 0.6 is 0 Å². The highest BCUT2D eigenvalue weighted by atomic mass is 16.3. The summed E-state index contributed by atoms with van der Waals surface area (Å²) < 4.78 is 0. The molecule has 1 N–H and O–H groups in total. The molecule has 0 aromatic heterocycles. The lowest BCUT2D eigenvalue weighted by Gasteiger charge is -2.45. The third-order valence-electron chi connectivity index (χ3n) is 4.79. The van der Waals surface area contributed by atoms with Gasteiger partial charge < -0.3 is 5.11 Å². The maximum Gasteiger partial charge on any atom is 0.0655 e. The third-order valence-corrected chi connectivity index (χ3v) is 4.79.